The molecule has 2 heterocycles. The molecule has 0 saturated heterocycles. The summed E-state index contributed by atoms with van der Waals surface area (Å²) in [5, 5.41) is 18.4. The fourth-order valence-corrected chi connectivity index (χ4v) is 6.96. The van der Waals surface area contributed by atoms with Crippen LogP contribution in [0.15, 0.2) is 33.3 Å². The number of rotatable bonds is 11. The summed E-state index contributed by atoms with van der Waals surface area (Å²) in [6.07, 6.45) is 5.49. The summed E-state index contributed by atoms with van der Waals surface area (Å²) in [6, 6.07) is 7.26. The number of hydrogen-bond donors (Lipinski definition) is 1. The molecule has 4 saturated carbocycles. The second kappa shape index (κ2) is 11.3. The van der Waals surface area contributed by atoms with Crippen LogP contribution in [0.5, 0.6) is 0 Å². The number of aromatic nitrogens is 4. The molecular formula is C32H38F3N5O4. The minimum Gasteiger partial charge on any atom is -0.380 e. The van der Waals surface area contributed by atoms with Gasteiger partial charge in [0.15, 0.2) is 17.2 Å². The van der Waals surface area contributed by atoms with Crippen molar-refractivity contribution in [2.45, 2.75) is 114 Å². The lowest BCUT2D eigenvalue weighted by Gasteiger charge is -2.47. The van der Waals surface area contributed by atoms with E-state index in [1.54, 1.807) is 11.0 Å². The van der Waals surface area contributed by atoms with Crippen LogP contribution in [0.4, 0.5) is 18.9 Å². The summed E-state index contributed by atoms with van der Waals surface area (Å²) in [5.41, 5.74) is -1.80. The van der Waals surface area contributed by atoms with E-state index in [-0.39, 0.29) is 5.41 Å². The highest BCUT2D eigenvalue weighted by molar-refractivity contribution is 5.96. The molecule has 1 aromatic carbocycles. The Morgan fingerprint density at radius 2 is 1.66 bits per heavy atom. The molecular weight excluding hydrogens is 575 g/mol. The van der Waals surface area contributed by atoms with Crippen molar-refractivity contribution in [3.8, 4) is 11.5 Å². The van der Waals surface area contributed by atoms with E-state index in [0.717, 1.165) is 76.5 Å². The van der Waals surface area contributed by atoms with Gasteiger partial charge < -0.3 is 19.1 Å². The summed E-state index contributed by atoms with van der Waals surface area (Å²) in [7, 11) is 0. The van der Waals surface area contributed by atoms with Gasteiger partial charge in [0.05, 0.1) is 0 Å². The van der Waals surface area contributed by atoms with E-state index in [4.69, 9.17) is 9.05 Å². The summed E-state index contributed by atoms with van der Waals surface area (Å²) in [6.45, 7) is 0.380. The van der Waals surface area contributed by atoms with E-state index >= 15 is 0 Å². The zero-order valence-electron chi connectivity index (χ0n) is 24.7. The highest BCUT2D eigenvalue weighted by Crippen LogP contribution is 2.50. The second-order valence-electron chi connectivity index (χ2n) is 13.6. The van der Waals surface area contributed by atoms with Crippen LogP contribution in [-0.2, 0) is 11.2 Å². The lowest BCUT2D eigenvalue weighted by atomic mass is 9.68. The maximum absolute atomic E-state index is 14.0. The summed E-state index contributed by atoms with van der Waals surface area (Å²) in [5.74, 6) is 1.86. The number of hydrogen-bond acceptors (Lipinski definition) is 8. The molecule has 236 valence electrons. The zero-order chi connectivity index (χ0) is 30.5. The van der Waals surface area contributed by atoms with E-state index in [2.05, 4.69) is 20.3 Å². The van der Waals surface area contributed by atoms with E-state index in [0.29, 0.717) is 53.7 Å². The standard InChI is InChI=1S/C32H38F3N5O4/c33-32(34,35)31(42)17-23(18-31)29(41)40(24-7-4-6-22(16-24)28-37-27(39-44-28)21-11-12-21)19-30(13-2-1-3-14-30)15-5-8-25-36-26(38-43-25)20-9-10-20/h4,6-7,16,20-21,23,42H,1-3,5,8-15,17-19H2. The Morgan fingerprint density at radius 3 is 2.34 bits per heavy atom. The van der Waals surface area contributed by atoms with Gasteiger partial charge >= 0.3 is 6.18 Å². The van der Waals surface area contributed by atoms with Crippen molar-refractivity contribution in [3.63, 3.8) is 0 Å². The quantitative estimate of drug-likeness (QED) is 0.249. The van der Waals surface area contributed by atoms with Crippen molar-refractivity contribution in [1.82, 2.24) is 20.3 Å². The number of halogens is 3. The zero-order valence-corrected chi connectivity index (χ0v) is 24.7. The lowest BCUT2D eigenvalue weighted by Crippen LogP contribution is -2.59. The Bertz CT molecular complexity index is 1480. The fraction of sp³-hybridized carbons (Fsp3) is 0.656. The summed E-state index contributed by atoms with van der Waals surface area (Å²) < 4.78 is 51.5. The smallest absolute Gasteiger partial charge is 0.380 e. The first-order valence-corrected chi connectivity index (χ1v) is 16.0. The monoisotopic (exact) mass is 613 g/mol. The SMILES string of the molecule is O=C(C1CC(O)(C(F)(F)F)C1)N(CC1(CCCc2nc(C3CC3)no2)CCCCC1)c1cccc(-c2nc(C3CC3)no2)c1. The Labute approximate surface area is 253 Å². The Balaban J connectivity index is 1.13. The van der Waals surface area contributed by atoms with Gasteiger partial charge in [-0.05, 0) is 87.8 Å². The first-order valence-electron chi connectivity index (χ1n) is 16.0. The number of aliphatic hydroxyl groups is 1. The maximum atomic E-state index is 14.0. The normalized spacial score (nSPS) is 25.0. The van der Waals surface area contributed by atoms with Crippen molar-refractivity contribution in [1.29, 1.82) is 0 Å². The molecule has 1 N–H and O–H groups in total. The van der Waals surface area contributed by atoms with E-state index < -0.39 is 36.4 Å². The molecule has 9 nitrogen and oxygen atoms in total. The lowest BCUT2D eigenvalue weighted by molar-refractivity contribution is -0.295. The molecule has 4 aliphatic rings. The van der Waals surface area contributed by atoms with Crippen molar-refractivity contribution in [3.05, 3.63) is 41.8 Å². The first kappa shape index (κ1) is 29.4. The van der Waals surface area contributed by atoms with Gasteiger partial charge in [0.1, 0.15) is 0 Å². The highest BCUT2D eigenvalue weighted by Gasteiger charge is 2.63. The molecule has 1 amide bonds. The molecule has 0 atom stereocenters. The first-order chi connectivity index (χ1) is 21.1. The fourth-order valence-electron chi connectivity index (χ4n) is 6.96. The van der Waals surface area contributed by atoms with Crippen molar-refractivity contribution < 1.29 is 32.1 Å². The van der Waals surface area contributed by atoms with Crippen LogP contribution in [0.2, 0.25) is 0 Å². The second-order valence-corrected chi connectivity index (χ2v) is 13.6. The number of carbonyl (C=O) groups is 1. The topological polar surface area (TPSA) is 118 Å². The van der Waals surface area contributed by atoms with Gasteiger partial charge in [0.25, 0.3) is 5.89 Å². The minimum absolute atomic E-state index is 0.211. The Morgan fingerprint density at radius 1 is 0.977 bits per heavy atom. The number of nitrogens with zero attached hydrogens (tertiary/aromatic N) is 5. The van der Waals surface area contributed by atoms with Gasteiger partial charge in [-0.3, -0.25) is 4.79 Å². The molecule has 0 radical (unpaired) electrons. The molecule has 12 heteroatoms. The van der Waals surface area contributed by atoms with Crippen molar-refractivity contribution >= 4 is 11.6 Å². The van der Waals surface area contributed by atoms with Gasteiger partial charge in [0.2, 0.25) is 11.8 Å². The molecule has 0 aliphatic heterocycles. The number of carbonyl (C=O) groups excluding carboxylic acids is 1. The average molecular weight is 614 g/mol. The highest BCUT2D eigenvalue weighted by atomic mass is 19.4. The molecule has 44 heavy (non-hydrogen) atoms. The largest absolute Gasteiger partial charge is 0.417 e. The number of benzene rings is 1. The van der Waals surface area contributed by atoms with Crippen LogP contribution in [0, 0.1) is 11.3 Å². The predicted molar refractivity (Wildman–Crippen MR) is 153 cm³/mol. The molecule has 3 aromatic rings. The third-order valence-electron chi connectivity index (χ3n) is 10.0. The average Bonchev–Trinajstić information content (AvgIpc) is 3.93. The number of amides is 1. The number of alkyl halides is 3. The number of anilines is 1. The molecule has 0 bridgehead atoms. The van der Waals surface area contributed by atoms with E-state index in [1.807, 2.05) is 18.2 Å². The van der Waals surface area contributed by atoms with Crippen LogP contribution in [0.3, 0.4) is 0 Å². The van der Waals surface area contributed by atoms with Crippen LogP contribution in [-0.4, -0.2) is 49.6 Å². The molecule has 4 fully saturated rings. The maximum Gasteiger partial charge on any atom is 0.417 e. The predicted octanol–water partition coefficient (Wildman–Crippen LogP) is 6.88. The van der Waals surface area contributed by atoms with Crippen molar-refractivity contribution in [2.75, 3.05) is 11.4 Å². The van der Waals surface area contributed by atoms with Crippen molar-refractivity contribution in [2.24, 2.45) is 11.3 Å². The minimum atomic E-state index is -4.77. The van der Waals surface area contributed by atoms with Gasteiger partial charge in [-0.25, -0.2) is 0 Å². The molecule has 7 rings (SSSR count). The molecule has 4 aliphatic carbocycles. The van der Waals surface area contributed by atoms with Gasteiger partial charge in [-0.2, -0.15) is 23.1 Å². The molecule has 0 spiro atoms. The molecule has 2 aromatic heterocycles. The van der Waals surface area contributed by atoms with E-state index in [9.17, 15) is 23.1 Å². The number of aryl methyl sites for hydroxylation is 1. The summed E-state index contributed by atoms with van der Waals surface area (Å²) in [4.78, 5) is 24.8. The molecule has 0 unspecified atom stereocenters. The van der Waals surface area contributed by atoms with Gasteiger partial charge in [-0.15, -0.1) is 0 Å². The van der Waals surface area contributed by atoms with Crippen LogP contribution < -0.4 is 4.90 Å². The van der Waals surface area contributed by atoms with Crippen LogP contribution in [0.1, 0.15) is 113 Å². The van der Waals surface area contributed by atoms with Crippen LogP contribution in [0.25, 0.3) is 11.5 Å². The van der Waals surface area contributed by atoms with Gasteiger partial charge in [0, 0.05) is 42.0 Å². The van der Waals surface area contributed by atoms with Gasteiger partial charge in [-0.1, -0.05) is 35.6 Å². The summed E-state index contributed by atoms with van der Waals surface area (Å²) >= 11 is 0. The van der Waals surface area contributed by atoms with E-state index in [1.165, 1.54) is 0 Å². The van der Waals surface area contributed by atoms with Crippen LogP contribution >= 0.6 is 0 Å². The Hall–Kier alpha value is -3.28. The Kier molecular flexibility index (Phi) is 7.53. The third-order valence-corrected chi connectivity index (χ3v) is 10.0. The third kappa shape index (κ3) is 6.01.